The van der Waals surface area contributed by atoms with Gasteiger partial charge in [-0.15, -0.1) is 10.2 Å². The maximum Gasteiger partial charge on any atom is 0.268 e. The van der Waals surface area contributed by atoms with Gasteiger partial charge in [0.2, 0.25) is 0 Å². The van der Waals surface area contributed by atoms with Gasteiger partial charge < -0.3 is 14.4 Å². The van der Waals surface area contributed by atoms with Crippen LogP contribution in [0.3, 0.4) is 0 Å². The molecule has 2 aromatic carbocycles. The number of hydrogen-bond donors (Lipinski definition) is 1. The Morgan fingerprint density at radius 3 is 2.40 bits per heavy atom. The van der Waals surface area contributed by atoms with Crippen LogP contribution >= 0.6 is 0 Å². The summed E-state index contributed by atoms with van der Waals surface area (Å²) < 4.78 is 5.75. The zero-order valence-electron chi connectivity index (χ0n) is 16.7. The van der Waals surface area contributed by atoms with Gasteiger partial charge in [-0.05, 0) is 31.2 Å². The highest BCUT2D eigenvalue weighted by atomic mass is 16.4. The molecule has 8 nitrogen and oxygen atoms in total. The van der Waals surface area contributed by atoms with E-state index in [1.54, 1.807) is 63.6 Å². The monoisotopic (exact) mass is 401 g/mol. The highest BCUT2D eigenvalue weighted by molar-refractivity contribution is 5.94. The number of amides is 1. The summed E-state index contributed by atoms with van der Waals surface area (Å²) in [6.45, 7) is 1.80. The lowest BCUT2D eigenvalue weighted by molar-refractivity contribution is 0.0827. The van der Waals surface area contributed by atoms with Crippen molar-refractivity contribution in [3.8, 4) is 40.0 Å². The van der Waals surface area contributed by atoms with Crippen molar-refractivity contribution in [1.29, 1.82) is 0 Å². The second-order valence-electron chi connectivity index (χ2n) is 6.90. The summed E-state index contributed by atoms with van der Waals surface area (Å²) in [4.78, 5) is 22.6. The zero-order valence-corrected chi connectivity index (χ0v) is 16.7. The third kappa shape index (κ3) is 3.62. The molecule has 0 radical (unpaired) electrons. The lowest BCUT2D eigenvalue weighted by Gasteiger charge is -2.10. The molecule has 0 bridgehead atoms. The van der Waals surface area contributed by atoms with Crippen LogP contribution in [0.25, 0.3) is 34.3 Å². The largest absolute Gasteiger partial charge is 0.507 e. The molecule has 0 unspecified atom stereocenters. The van der Waals surface area contributed by atoms with E-state index in [0.29, 0.717) is 28.2 Å². The molecule has 0 spiro atoms. The summed E-state index contributed by atoms with van der Waals surface area (Å²) in [7, 11) is 3.42. The third-order valence-corrected chi connectivity index (χ3v) is 4.55. The molecule has 0 aliphatic heterocycles. The molecule has 0 aliphatic carbocycles. The summed E-state index contributed by atoms with van der Waals surface area (Å²) in [5, 5.41) is 18.1. The first kappa shape index (κ1) is 19.3. The summed E-state index contributed by atoms with van der Waals surface area (Å²) in [5.74, 6) is 0.386. The van der Waals surface area contributed by atoms with E-state index in [9.17, 15) is 9.90 Å². The highest BCUT2D eigenvalue weighted by Crippen LogP contribution is 2.30. The molecular weight excluding hydrogens is 382 g/mol. The van der Waals surface area contributed by atoms with Crippen molar-refractivity contribution in [3.05, 3.63) is 66.0 Å². The minimum atomic E-state index is -0.0696. The number of rotatable bonds is 4. The van der Waals surface area contributed by atoms with Gasteiger partial charge in [-0.25, -0.2) is 4.98 Å². The summed E-state index contributed by atoms with van der Waals surface area (Å²) in [5.41, 5.74) is 3.54. The van der Waals surface area contributed by atoms with Crippen molar-refractivity contribution in [2.24, 2.45) is 0 Å². The van der Waals surface area contributed by atoms with Crippen molar-refractivity contribution in [2.45, 2.75) is 6.92 Å². The normalized spacial score (nSPS) is 10.8. The van der Waals surface area contributed by atoms with E-state index in [4.69, 9.17) is 4.42 Å². The van der Waals surface area contributed by atoms with Crippen LogP contribution in [0.15, 0.2) is 59.1 Å². The standard InChI is InChI=1S/C22H19N5O3/c1-13-19(21-26-25-20(30-21)16-6-4-5-7-18(16)28)24-17(12-23-13)14-8-10-15(11-9-14)22(29)27(2)3/h4-12,28H,1-3H3. The van der Waals surface area contributed by atoms with E-state index in [1.807, 2.05) is 12.1 Å². The lowest BCUT2D eigenvalue weighted by Crippen LogP contribution is -2.21. The molecule has 4 rings (SSSR count). The minimum Gasteiger partial charge on any atom is -0.507 e. The SMILES string of the molecule is Cc1ncc(-c2ccc(C(=O)N(C)C)cc2)nc1-c1nnc(-c2ccccc2O)o1. The van der Waals surface area contributed by atoms with Gasteiger partial charge in [-0.3, -0.25) is 9.78 Å². The number of benzene rings is 2. The van der Waals surface area contributed by atoms with Crippen molar-refractivity contribution in [1.82, 2.24) is 25.1 Å². The molecular formula is C22H19N5O3. The molecule has 150 valence electrons. The van der Waals surface area contributed by atoms with Crippen LogP contribution in [0.5, 0.6) is 5.75 Å². The van der Waals surface area contributed by atoms with Crippen LogP contribution in [-0.2, 0) is 0 Å². The Bertz CT molecular complexity index is 1220. The Morgan fingerprint density at radius 1 is 1.00 bits per heavy atom. The number of carbonyl (C=O) groups excluding carboxylic acids is 1. The highest BCUT2D eigenvalue weighted by Gasteiger charge is 2.18. The van der Waals surface area contributed by atoms with E-state index >= 15 is 0 Å². The van der Waals surface area contributed by atoms with E-state index < -0.39 is 0 Å². The summed E-state index contributed by atoms with van der Waals surface area (Å²) in [6.07, 6.45) is 1.65. The fourth-order valence-electron chi connectivity index (χ4n) is 2.92. The van der Waals surface area contributed by atoms with Crippen LogP contribution < -0.4 is 0 Å². The number of hydrogen-bond acceptors (Lipinski definition) is 7. The smallest absolute Gasteiger partial charge is 0.268 e. The molecule has 30 heavy (non-hydrogen) atoms. The van der Waals surface area contributed by atoms with Crippen LogP contribution in [0, 0.1) is 6.92 Å². The van der Waals surface area contributed by atoms with Crippen LogP contribution in [0.2, 0.25) is 0 Å². The lowest BCUT2D eigenvalue weighted by atomic mass is 10.1. The number of aromatic nitrogens is 4. The third-order valence-electron chi connectivity index (χ3n) is 4.55. The quantitative estimate of drug-likeness (QED) is 0.557. The van der Waals surface area contributed by atoms with Gasteiger partial charge in [0.25, 0.3) is 17.7 Å². The average molecular weight is 401 g/mol. The first-order valence-electron chi connectivity index (χ1n) is 9.22. The molecule has 0 saturated heterocycles. The Kier molecular flexibility index (Phi) is 4.97. The van der Waals surface area contributed by atoms with E-state index in [0.717, 1.165) is 5.56 Å². The summed E-state index contributed by atoms with van der Waals surface area (Å²) >= 11 is 0. The first-order chi connectivity index (χ1) is 14.4. The predicted octanol–water partition coefficient (Wildman–Crippen LogP) is 3.58. The molecule has 0 fully saturated rings. The van der Waals surface area contributed by atoms with Crippen LogP contribution in [0.4, 0.5) is 0 Å². The molecule has 8 heteroatoms. The van der Waals surface area contributed by atoms with E-state index in [1.165, 1.54) is 4.90 Å². The van der Waals surface area contributed by atoms with Crippen LogP contribution in [-0.4, -0.2) is 50.2 Å². The molecule has 1 N–H and O–H groups in total. The Labute approximate surface area is 172 Å². The first-order valence-corrected chi connectivity index (χ1v) is 9.22. The van der Waals surface area contributed by atoms with Gasteiger partial charge in [-0.1, -0.05) is 24.3 Å². The average Bonchev–Trinajstić information content (AvgIpc) is 3.23. The van der Waals surface area contributed by atoms with Crippen molar-refractivity contribution < 1.29 is 14.3 Å². The number of carbonyl (C=O) groups is 1. The molecule has 0 saturated carbocycles. The van der Waals surface area contributed by atoms with Crippen molar-refractivity contribution >= 4 is 5.91 Å². The predicted molar refractivity (Wildman–Crippen MR) is 111 cm³/mol. The molecule has 1 amide bonds. The number of aryl methyl sites for hydroxylation is 1. The van der Waals surface area contributed by atoms with Gasteiger partial charge in [-0.2, -0.15) is 0 Å². The van der Waals surface area contributed by atoms with Crippen molar-refractivity contribution in [2.75, 3.05) is 14.1 Å². The van der Waals surface area contributed by atoms with Gasteiger partial charge in [0.15, 0.2) is 0 Å². The van der Waals surface area contributed by atoms with Gasteiger partial charge in [0.1, 0.15) is 11.4 Å². The number of aromatic hydroxyl groups is 1. The number of para-hydroxylation sites is 1. The molecule has 4 aromatic rings. The second-order valence-corrected chi connectivity index (χ2v) is 6.90. The Morgan fingerprint density at radius 2 is 1.70 bits per heavy atom. The van der Waals surface area contributed by atoms with E-state index in [2.05, 4.69) is 20.2 Å². The minimum absolute atomic E-state index is 0.0524. The Balaban J connectivity index is 1.68. The molecule has 2 aromatic heterocycles. The number of phenols is 1. The fraction of sp³-hybridized carbons (Fsp3) is 0.136. The van der Waals surface area contributed by atoms with E-state index in [-0.39, 0.29) is 23.4 Å². The van der Waals surface area contributed by atoms with Crippen LogP contribution in [0.1, 0.15) is 16.1 Å². The van der Waals surface area contributed by atoms with Gasteiger partial charge in [0, 0.05) is 25.2 Å². The number of nitrogens with zero attached hydrogens (tertiary/aromatic N) is 5. The maximum absolute atomic E-state index is 12.1. The molecule has 2 heterocycles. The van der Waals surface area contributed by atoms with Crippen molar-refractivity contribution in [3.63, 3.8) is 0 Å². The molecule has 0 atom stereocenters. The van der Waals surface area contributed by atoms with Gasteiger partial charge >= 0.3 is 0 Å². The maximum atomic E-state index is 12.1. The topological polar surface area (TPSA) is 105 Å². The molecule has 0 aliphatic rings. The second kappa shape index (κ2) is 7.75. The summed E-state index contributed by atoms with van der Waals surface area (Å²) in [6, 6.07) is 13.9. The fourth-order valence-corrected chi connectivity index (χ4v) is 2.92. The van der Waals surface area contributed by atoms with Gasteiger partial charge in [0.05, 0.1) is 23.1 Å². The number of phenolic OH excluding ortho intramolecular Hbond substituents is 1. The Hall–Kier alpha value is -4.07. The zero-order chi connectivity index (χ0) is 21.3.